The van der Waals surface area contributed by atoms with Gasteiger partial charge in [-0.05, 0) is 30.3 Å². The number of benzene rings is 2. The van der Waals surface area contributed by atoms with Crippen LogP contribution in [0, 0.1) is 0 Å². The summed E-state index contributed by atoms with van der Waals surface area (Å²) in [5.74, 6) is -1.49. The Morgan fingerprint density at radius 3 is 2.40 bits per heavy atom. The van der Waals surface area contributed by atoms with E-state index in [1.807, 2.05) is 0 Å². The van der Waals surface area contributed by atoms with Crippen LogP contribution in [0.3, 0.4) is 0 Å². The summed E-state index contributed by atoms with van der Waals surface area (Å²) in [5.41, 5.74) is 0.979. The normalized spacial score (nSPS) is 12.6. The minimum atomic E-state index is -0.491. The molecule has 0 spiro atoms. The first-order valence-corrected chi connectivity index (χ1v) is 9.61. The standard InChI is InChI=1S/C20H14N4O5S/c1-11(25)29-13-6-4-5-12(9-13)17(26)21-20-23-22-16(30-20)10-24-18(27)14-7-2-3-8-15(14)19(24)28/h2-9H,10H2,1H3,(H,21,23,26). The quantitative estimate of drug-likeness (QED) is 0.381. The fraction of sp³-hybridized carbons (Fsp3) is 0.100. The smallest absolute Gasteiger partial charge is 0.308 e. The summed E-state index contributed by atoms with van der Waals surface area (Å²) in [6, 6.07) is 12.7. The SMILES string of the molecule is CC(=O)Oc1cccc(C(=O)Nc2nnc(CN3C(=O)c4ccccc4C3=O)s2)c1. The van der Waals surface area contributed by atoms with Gasteiger partial charge in [-0.2, -0.15) is 0 Å². The largest absolute Gasteiger partial charge is 0.427 e. The van der Waals surface area contributed by atoms with E-state index in [1.54, 1.807) is 42.5 Å². The number of ether oxygens (including phenoxy) is 1. The van der Waals surface area contributed by atoms with Gasteiger partial charge in [-0.15, -0.1) is 10.2 Å². The van der Waals surface area contributed by atoms with Crippen molar-refractivity contribution in [3.8, 4) is 5.75 Å². The molecule has 4 rings (SSSR count). The minimum Gasteiger partial charge on any atom is -0.427 e. The van der Waals surface area contributed by atoms with Gasteiger partial charge in [0.15, 0.2) is 0 Å². The Morgan fingerprint density at radius 1 is 1.03 bits per heavy atom. The lowest BCUT2D eigenvalue weighted by molar-refractivity contribution is -0.131. The van der Waals surface area contributed by atoms with Crippen molar-refractivity contribution in [2.24, 2.45) is 0 Å². The summed E-state index contributed by atoms with van der Waals surface area (Å²) >= 11 is 1.05. The van der Waals surface area contributed by atoms with Crippen molar-refractivity contribution in [3.05, 3.63) is 70.2 Å². The summed E-state index contributed by atoms with van der Waals surface area (Å²) in [5, 5.41) is 11.1. The van der Waals surface area contributed by atoms with Gasteiger partial charge in [0, 0.05) is 12.5 Å². The third-order valence-electron chi connectivity index (χ3n) is 4.22. The maximum atomic E-state index is 12.4. The number of nitrogens with zero attached hydrogens (tertiary/aromatic N) is 3. The van der Waals surface area contributed by atoms with E-state index >= 15 is 0 Å². The van der Waals surface area contributed by atoms with E-state index in [4.69, 9.17) is 4.74 Å². The Kier molecular flexibility index (Phi) is 5.07. The van der Waals surface area contributed by atoms with Gasteiger partial charge in [0.05, 0.1) is 17.7 Å². The Hall–Kier alpha value is -3.92. The molecule has 1 aromatic heterocycles. The van der Waals surface area contributed by atoms with Crippen LogP contribution in [0.25, 0.3) is 0 Å². The average Bonchev–Trinajstić information content (AvgIpc) is 3.26. The van der Waals surface area contributed by atoms with Crippen LogP contribution in [0.1, 0.15) is 43.0 Å². The Morgan fingerprint density at radius 2 is 1.73 bits per heavy atom. The number of hydrogen-bond donors (Lipinski definition) is 1. The number of hydrogen-bond acceptors (Lipinski definition) is 8. The molecule has 150 valence electrons. The molecule has 3 amide bonds. The zero-order valence-electron chi connectivity index (χ0n) is 15.6. The molecule has 2 heterocycles. The lowest BCUT2D eigenvalue weighted by atomic mass is 10.1. The van der Waals surface area contributed by atoms with Crippen LogP contribution in [0.15, 0.2) is 48.5 Å². The number of nitrogens with one attached hydrogen (secondary N) is 1. The van der Waals surface area contributed by atoms with Gasteiger partial charge in [0.25, 0.3) is 17.7 Å². The highest BCUT2D eigenvalue weighted by atomic mass is 32.1. The van der Waals surface area contributed by atoms with E-state index in [0.29, 0.717) is 16.1 Å². The number of aromatic nitrogens is 2. The average molecular weight is 422 g/mol. The molecule has 2 aromatic carbocycles. The number of amides is 3. The van der Waals surface area contributed by atoms with Gasteiger partial charge >= 0.3 is 5.97 Å². The van der Waals surface area contributed by atoms with Crippen molar-refractivity contribution in [3.63, 3.8) is 0 Å². The van der Waals surface area contributed by atoms with Crippen molar-refractivity contribution < 1.29 is 23.9 Å². The van der Waals surface area contributed by atoms with Crippen molar-refractivity contribution in [2.45, 2.75) is 13.5 Å². The maximum Gasteiger partial charge on any atom is 0.308 e. The van der Waals surface area contributed by atoms with Gasteiger partial charge in [-0.3, -0.25) is 29.4 Å². The number of carbonyl (C=O) groups excluding carboxylic acids is 4. The van der Waals surface area contributed by atoms with E-state index in [9.17, 15) is 19.2 Å². The molecule has 30 heavy (non-hydrogen) atoms. The van der Waals surface area contributed by atoms with E-state index < -0.39 is 23.7 Å². The maximum absolute atomic E-state index is 12.4. The fourth-order valence-electron chi connectivity index (χ4n) is 2.92. The van der Waals surface area contributed by atoms with E-state index in [0.717, 1.165) is 16.2 Å². The number of rotatable bonds is 5. The Balaban J connectivity index is 1.44. The van der Waals surface area contributed by atoms with Crippen LogP contribution in [0.5, 0.6) is 5.75 Å². The van der Waals surface area contributed by atoms with Gasteiger partial charge in [-0.25, -0.2) is 0 Å². The molecule has 1 aliphatic rings. The molecule has 0 aliphatic carbocycles. The van der Waals surface area contributed by atoms with Gasteiger partial charge in [0.2, 0.25) is 5.13 Å². The third kappa shape index (κ3) is 3.80. The van der Waals surface area contributed by atoms with Crippen molar-refractivity contribution in [2.75, 3.05) is 5.32 Å². The van der Waals surface area contributed by atoms with Crippen LogP contribution in [0.4, 0.5) is 5.13 Å². The third-order valence-corrected chi connectivity index (χ3v) is 5.04. The highest BCUT2D eigenvalue weighted by Gasteiger charge is 2.35. The summed E-state index contributed by atoms with van der Waals surface area (Å²) in [4.78, 5) is 49.5. The molecule has 1 N–H and O–H groups in total. The molecule has 0 bridgehead atoms. The predicted molar refractivity (Wildman–Crippen MR) is 106 cm³/mol. The summed E-state index contributed by atoms with van der Waals surface area (Å²) in [6.07, 6.45) is 0. The molecule has 0 saturated carbocycles. The second kappa shape index (κ2) is 7.84. The van der Waals surface area contributed by atoms with Crippen molar-refractivity contribution in [1.82, 2.24) is 15.1 Å². The first kappa shape index (κ1) is 19.4. The molecule has 0 atom stereocenters. The second-order valence-corrected chi connectivity index (χ2v) is 7.38. The molecule has 9 nitrogen and oxygen atoms in total. The number of esters is 1. The summed E-state index contributed by atoms with van der Waals surface area (Å²) < 4.78 is 4.97. The van der Waals surface area contributed by atoms with Crippen molar-refractivity contribution in [1.29, 1.82) is 0 Å². The van der Waals surface area contributed by atoms with E-state index in [1.165, 1.54) is 13.0 Å². The zero-order valence-corrected chi connectivity index (χ0v) is 16.4. The molecular weight excluding hydrogens is 408 g/mol. The molecule has 1 aliphatic heterocycles. The Labute approximate surface area is 174 Å². The molecule has 0 radical (unpaired) electrons. The fourth-order valence-corrected chi connectivity index (χ4v) is 3.65. The van der Waals surface area contributed by atoms with Gasteiger partial charge in [0.1, 0.15) is 10.8 Å². The molecule has 0 fully saturated rings. The molecule has 3 aromatic rings. The van der Waals surface area contributed by atoms with Crippen LogP contribution in [-0.2, 0) is 11.3 Å². The molecule has 10 heteroatoms. The number of carbonyl (C=O) groups is 4. The topological polar surface area (TPSA) is 119 Å². The zero-order chi connectivity index (χ0) is 21.3. The first-order valence-electron chi connectivity index (χ1n) is 8.80. The predicted octanol–water partition coefficient (Wildman–Crippen LogP) is 2.51. The lowest BCUT2D eigenvalue weighted by Crippen LogP contribution is -2.29. The van der Waals surface area contributed by atoms with Crippen molar-refractivity contribution >= 4 is 40.2 Å². The van der Waals surface area contributed by atoms with E-state index in [2.05, 4.69) is 15.5 Å². The molecular formula is C20H14N4O5S. The highest BCUT2D eigenvalue weighted by Crippen LogP contribution is 2.26. The number of imide groups is 1. The molecule has 0 saturated heterocycles. The summed E-state index contributed by atoms with van der Waals surface area (Å²) in [7, 11) is 0. The van der Waals surface area contributed by atoms with Crippen LogP contribution in [0.2, 0.25) is 0 Å². The first-order chi connectivity index (χ1) is 14.4. The van der Waals surface area contributed by atoms with Crippen LogP contribution < -0.4 is 10.1 Å². The summed E-state index contributed by atoms with van der Waals surface area (Å²) in [6.45, 7) is 1.23. The van der Waals surface area contributed by atoms with Crippen LogP contribution >= 0.6 is 11.3 Å². The minimum absolute atomic E-state index is 0.0399. The second-order valence-electron chi connectivity index (χ2n) is 6.32. The molecule has 0 unspecified atom stereocenters. The number of fused-ring (bicyclic) bond motifs is 1. The van der Waals surface area contributed by atoms with Gasteiger partial charge < -0.3 is 4.74 Å². The highest BCUT2D eigenvalue weighted by molar-refractivity contribution is 7.15. The lowest BCUT2D eigenvalue weighted by Gasteiger charge is -2.10. The van der Waals surface area contributed by atoms with Crippen LogP contribution in [-0.4, -0.2) is 38.8 Å². The Bertz CT molecular complexity index is 1150. The van der Waals surface area contributed by atoms with Gasteiger partial charge in [-0.1, -0.05) is 29.5 Å². The van der Waals surface area contributed by atoms with E-state index in [-0.39, 0.29) is 23.0 Å². The number of anilines is 1. The monoisotopic (exact) mass is 422 g/mol.